The van der Waals surface area contributed by atoms with E-state index in [1.54, 1.807) is 19.9 Å². The van der Waals surface area contributed by atoms with Crippen LogP contribution in [0.25, 0.3) is 0 Å². The van der Waals surface area contributed by atoms with Crippen LogP contribution in [0.4, 0.5) is 4.39 Å². The van der Waals surface area contributed by atoms with Crippen LogP contribution >= 0.6 is 0 Å². The molecule has 0 heterocycles. The monoisotopic (exact) mass is 224 g/mol. The maximum atomic E-state index is 13.2. The molecule has 0 unspecified atom stereocenters. The predicted molar refractivity (Wildman–Crippen MR) is 56.6 cm³/mol. The fourth-order valence-corrected chi connectivity index (χ4v) is 1.22. The van der Waals surface area contributed by atoms with Crippen molar-refractivity contribution in [2.75, 3.05) is 0 Å². The number of Topliss-reactive ketones (excluding diaryl/α,β-unsaturated/α-hetero) is 1. The van der Waals surface area contributed by atoms with Gasteiger partial charge in [-0.1, -0.05) is 12.1 Å². The Morgan fingerprint density at radius 2 is 1.94 bits per heavy atom. The van der Waals surface area contributed by atoms with Crippen LogP contribution in [0.3, 0.4) is 0 Å². The smallest absolute Gasteiger partial charge is 0.313 e. The standard InChI is InChI=1S/C12H13FO3/c1-8(2)16-12(15)7-11(14)9-5-3-4-6-10(9)13/h3-6,8H,7H2,1-2H3. The van der Waals surface area contributed by atoms with Gasteiger partial charge in [-0.05, 0) is 26.0 Å². The molecule has 0 saturated carbocycles. The SMILES string of the molecule is CC(C)OC(=O)CC(=O)c1ccccc1F. The molecule has 0 fully saturated rings. The number of halogens is 1. The minimum Gasteiger partial charge on any atom is -0.463 e. The van der Waals surface area contributed by atoms with Crippen LogP contribution < -0.4 is 0 Å². The van der Waals surface area contributed by atoms with Crippen LogP contribution in [0.1, 0.15) is 30.6 Å². The summed E-state index contributed by atoms with van der Waals surface area (Å²) in [7, 11) is 0. The van der Waals surface area contributed by atoms with Crippen molar-refractivity contribution in [3.63, 3.8) is 0 Å². The summed E-state index contributed by atoms with van der Waals surface area (Å²) in [5.74, 6) is -1.82. The normalized spacial score (nSPS) is 10.2. The van der Waals surface area contributed by atoms with Crippen molar-refractivity contribution in [2.45, 2.75) is 26.4 Å². The summed E-state index contributed by atoms with van der Waals surface area (Å²) in [6, 6.07) is 5.56. The van der Waals surface area contributed by atoms with Crippen LogP contribution in [0.15, 0.2) is 24.3 Å². The highest BCUT2D eigenvalue weighted by Crippen LogP contribution is 2.09. The number of hydrogen-bond donors (Lipinski definition) is 0. The van der Waals surface area contributed by atoms with E-state index in [4.69, 9.17) is 4.74 Å². The van der Waals surface area contributed by atoms with E-state index in [0.29, 0.717) is 0 Å². The fraction of sp³-hybridized carbons (Fsp3) is 0.333. The Labute approximate surface area is 93.2 Å². The average Bonchev–Trinajstić information content (AvgIpc) is 2.16. The van der Waals surface area contributed by atoms with Crippen molar-refractivity contribution in [3.05, 3.63) is 35.6 Å². The zero-order valence-electron chi connectivity index (χ0n) is 9.20. The van der Waals surface area contributed by atoms with E-state index in [1.807, 2.05) is 0 Å². The second-order valence-corrected chi connectivity index (χ2v) is 3.62. The minimum atomic E-state index is -0.636. The summed E-state index contributed by atoms with van der Waals surface area (Å²) < 4.78 is 18.0. The van der Waals surface area contributed by atoms with Gasteiger partial charge in [-0.15, -0.1) is 0 Å². The molecule has 1 rings (SSSR count). The first-order valence-corrected chi connectivity index (χ1v) is 4.98. The summed E-state index contributed by atoms with van der Waals surface area (Å²) in [6.45, 7) is 3.37. The lowest BCUT2D eigenvalue weighted by molar-refractivity contribution is -0.146. The van der Waals surface area contributed by atoms with Gasteiger partial charge in [0.15, 0.2) is 5.78 Å². The molecule has 16 heavy (non-hydrogen) atoms. The third-order valence-corrected chi connectivity index (χ3v) is 1.85. The molecule has 0 amide bonds. The molecule has 1 aromatic carbocycles. The number of carbonyl (C=O) groups excluding carboxylic acids is 2. The largest absolute Gasteiger partial charge is 0.463 e. The lowest BCUT2D eigenvalue weighted by Gasteiger charge is -2.07. The van der Waals surface area contributed by atoms with Crippen molar-refractivity contribution >= 4 is 11.8 Å². The Balaban J connectivity index is 2.66. The third kappa shape index (κ3) is 3.46. The van der Waals surface area contributed by atoms with Gasteiger partial charge in [0.1, 0.15) is 12.2 Å². The molecule has 0 aliphatic rings. The van der Waals surface area contributed by atoms with Gasteiger partial charge in [0, 0.05) is 0 Å². The van der Waals surface area contributed by atoms with Gasteiger partial charge < -0.3 is 4.74 Å². The van der Waals surface area contributed by atoms with Gasteiger partial charge in [-0.2, -0.15) is 0 Å². The quantitative estimate of drug-likeness (QED) is 0.448. The van der Waals surface area contributed by atoms with Crippen LogP contribution in [0, 0.1) is 5.82 Å². The minimum absolute atomic E-state index is 0.0804. The maximum Gasteiger partial charge on any atom is 0.313 e. The number of hydrogen-bond acceptors (Lipinski definition) is 3. The zero-order valence-corrected chi connectivity index (χ0v) is 9.20. The first-order chi connectivity index (χ1) is 7.50. The highest BCUT2D eigenvalue weighted by molar-refractivity contribution is 6.06. The van der Waals surface area contributed by atoms with Crippen molar-refractivity contribution < 1.29 is 18.7 Å². The number of benzene rings is 1. The number of ether oxygens (including phenoxy) is 1. The van der Waals surface area contributed by atoms with E-state index in [9.17, 15) is 14.0 Å². The Morgan fingerprint density at radius 3 is 2.50 bits per heavy atom. The lowest BCUT2D eigenvalue weighted by atomic mass is 10.1. The average molecular weight is 224 g/mol. The topological polar surface area (TPSA) is 43.4 Å². The molecular formula is C12H13FO3. The Morgan fingerprint density at radius 1 is 1.31 bits per heavy atom. The van der Waals surface area contributed by atoms with Gasteiger partial charge >= 0.3 is 5.97 Å². The van der Waals surface area contributed by atoms with Crippen LogP contribution in [-0.2, 0) is 9.53 Å². The van der Waals surface area contributed by atoms with E-state index in [1.165, 1.54) is 18.2 Å². The molecule has 1 aromatic rings. The summed E-state index contributed by atoms with van der Waals surface area (Å²) in [5.41, 5.74) is -0.0804. The fourth-order valence-electron chi connectivity index (χ4n) is 1.22. The number of ketones is 1. The highest BCUT2D eigenvalue weighted by atomic mass is 19.1. The van der Waals surface area contributed by atoms with Gasteiger partial charge in [-0.3, -0.25) is 9.59 Å². The molecule has 0 N–H and O–H groups in total. The summed E-state index contributed by atoms with van der Waals surface area (Å²) in [6.07, 6.45) is -0.708. The molecule has 0 saturated heterocycles. The second-order valence-electron chi connectivity index (χ2n) is 3.62. The first kappa shape index (κ1) is 12.4. The van der Waals surface area contributed by atoms with E-state index < -0.39 is 24.0 Å². The molecule has 4 heteroatoms. The molecule has 0 bridgehead atoms. The maximum absolute atomic E-state index is 13.2. The van der Waals surface area contributed by atoms with Gasteiger partial charge in [-0.25, -0.2) is 4.39 Å². The molecule has 0 radical (unpaired) electrons. The molecule has 0 aromatic heterocycles. The Kier molecular flexibility index (Phi) is 4.17. The van der Waals surface area contributed by atoms with E-state index in [0.717, 1.165) is 0 Å². The second kappa shape index (κ2) is 5.39. The number of carbonyl (C=O) groups is 2. The zero-order chi connectivity index (χ0) is 12.1. The van der Waals surface area contributed by atoms with Gasteiger partial charge in [0.05, 0.1) is 11.7 Å². The molecule has 0 aliphatic carbocycles. The first-order valence-electron chi connectivity index (χ1n) is 4.98. The third-order valence-electron chi connectivity index (χ3n) is 1.85. The lowest BCUT2D eigenvalue weighted by Crippen LogP contribution is -2.16. The van der Waals surface area contributed by atoms with Crippen LogP contribution in [0.5, 0.6) is 0 Å². The number of esters is 1. The molecule has 3 nitrogen and oxygen atoms in total. The summed E-state index contributed by atoms with van der Waals surface area (Å²) in [4.78, 5) is 22.7. The van der Waals surface area contributed by atoms with E-state index in [-0.39, 0.29) is 11.7 Å². The molecule has 0 atom stereocenters. The highest BCUT2D eigenvalue weighted by Gasteiger charge is 2.16. The van der Waals surface area contributed by atoms with Gasteiger partial charge in [0.2, 0.25) is 0 Å². The van der Waals surface area contributed by atoms with E-state index >= 15 is 0 Å². The van der Waals surface area contributed by atoms with Crippen molar-refractivity contribution in [1.29, 1.82) is 0 Å². The molecule has 0 spiro atoms. The van der Waals surface area contributed by atoms with Crippen LogP contribution in [0.2, 0.25) is 0 Å². The number of rotatable bonds is 4. The Hall–Kier alpha value is -1.71. The van der Waals surface area contributed by atoms with Crippen LogP contribution in [-0.4, -0.2) is 17.9 Å². The Bertz CT molecular complexity index is 399. The summed E-state index contributed by atoms with van der Waals surface area (Å²) in [5, 5.41) is 0. The van der Waals surface area contributed by atoms with Crippen molar-refractivity contribution in [3.8, 4) is 0 Å². The molecule has 0 aliphatic heterocycles. The van der Waals surface area contributed by atoms with E-state index in [2.05, 4.69) is 0 Å². The van der Waals surface area contributed by atoms with Crippen molar-refractivity contribution in [1.82, 2.24) is 0 Å². The van der Waals surface area contributed by atoms with Crippen molar-refractivity contribution in [2.24, 2.45) is 0 Å². The van der Waals surface area contributed by atoms with Gasteiger partial charge in [0.25, 0.3) is 0 Å². The molecule has 86 valence electrons. The summed E-state index contributed by atoms with van der Waals surface area (Å²) >= 11 is 0. The predicted octanol–water partition coefficient (Wildman–Crippen LogP) is 2.35. The molecular weight excluding hydrogens is 211 g/mol.